The van der Waals surface area contributed by atoms with E-state index < -0.39 is 11.7 Å². The van der Waals surface area contributed by atoms with E-state index in [9.17, 15) is 14.0 Å². The number of para-hydroxylation sites is 1. The van der Waals surface area contributed by atoms with Crippen molar-refractivity contribution in [3.8, 4) is 5.75 Å². The number of aryl methyl sites for hydroxylation is 1. The van der Waals surface area contributed by atoms with Gasteiger partial charge in [-0.05, 0) is 70.0 Å². The van der Waals surface area contributed by atoms with Crippen molar-refractivity contribution in [3.05, 3.63) is 97.2 Å². The van der Waals surface area contributed by atoms with Crippen LogP contribution in [0.1, 0.15) is 18.3 Å². The number of carbonyl (C=O) groups is 1. The number of halogens is 3. The number of aromatic nitrogens is 2. The highest BCUT2D eigenvalue weighted by Crippen LogP contribution is 2.26. The van der Waals surface area contributed by atoms with Crippen LogP contribution in [0.3, 0.4) is 0 Å². The van der Waals surface area contributed by atoms with E-state index in [4.69, 9.17) is 4.74 Å². The van der Waals surface area contributed by atoms with Crippen LogP contribution in [0.2, 0.25) is 0 Å². The minimum Gasteiger partial charge on any atom is -0.483 e. The highest BCUT2D eigenvalue weighted by molar-refractivity contribution is 9.10. The summed E-state index contributed by atoms with van der Waals surface area (Å²) in [5.41, 5.74) is 1.14. The van der Waals surface area contributed by atoms with Gasteiger partial charge in [-0.3, -0.25) is 9.59 Å². The summed E-state index contributed by atoms with van der Waals surface area (Å²) in [6, 6.07) is 16.4. The first kappa shape index (κ1) is 24.7. The Morgan fingerprint density at radius 3 is 2.71 bits per heavy atom. The number of ether oxygens (including phenoxy) is 1. The Labute approximate surface area is 216 Å². The Balaban J connectivity index is 1.49. The molecule has 4 aromatic rings. The number of hydrogen-bond donors (Lipinski definition) is 1. The number of fused-ring (bicyclic) bond motifs is 1. The van der Waals surface area contributed by atoms with Crippen molar-refractivity contribution in [3.63, 3.8) is 0 Å². The topological polar surface area (TPSA) is 85.6 Å². The lowest BCUT2D eigenvalue weighted by Gasteiger charge is -2.10. The summed E-state index contributed by atoms with van der Waals surface area (Å²) < 4.78 is 21.9. The van der Waals surface area contributed by atoms with E-state index in [0.29, 0.717) is 38.9 Å². The number of benzene rings is 3. The molecule has 0 aliphatic carbocycles. The Bertz CT molecular complexity index is 1500. The van der Waals surface area contributed by atoms with Crippen LogP contribution in [0, 0.1) is 5.82 Å². The van der Waals surface area contributed by atoms with Gasteiger partial charge in [0.15, 0.2) is 6.61 Å². The number of hydrogen-bond acceptors (Lipinski definition) is 5. The molecule has 0 aliphatic heterocycles. The van der Waals surface area contributed by atoms with Gasteiger partial charge in [-0.2, -0.15) is 9.78 Å². The van der Waals surface area contributed by atoms with Gasteiger partial charge in [0.25, 0.3) is 11.5 Å². The summed E-state index contributed by atoms with van der Waals surface area (Å²) in [5.74, 6) is -0.0461. The number of nitrogens with zero attached hydrogens (tertiary/aromatic N) is 3. The van der Waals surface area contributed by atoms with Crippen LogP contribution < -0.4 is 15.6 Å². The fourth-order valence-electron chi connectivity index (χ4n) is 3.27. The van der Waals surface area contributed by atoms with Crippen LogP contribution in [0.25, 0.3) is 10.9 Å². The molecular weight excluding hydrogens is 583 g/mol. The summed E-state index contributed by atoms with van der Waals surface area (Å²) in [6.07, 6.45) is 2.08. The van der Waals surface area contributed by atoms with Crippen molar-refractivity contribution in [1.82, 2.24) is 9.66 Å². The van der Waals surface area contributed by atoms with Gasteiger partial charge in [-0.25, -0.2) is 9.37 Å². The van der Waals surface area contributed by atoms with Gasteiger partial charge < -0.3 is 10.1 Å². The average Bonchev–Trinajstić information content (AvgIpc) is 2.84. The van der Waals surface area contributed by atoms with Gasteiger partial charge in [-0.15, -0.1) is 0 Å². The SMILES string of the molecule is CCc1nc2ccc(Br)cc2c(=O)n1N=Cc1ccc(OCC(=O)Nc2ccccc2F)c(Br)c1. The molecule has 0 spiro atoms. The van der Waals surface area contributed by atoms with Gasteiger partial charge in [-0.1, -0.05) is 35.0 Å². The van der Waals surface area contributed by atoms with Crippen molar-refractivity contribution in [2.45, 2.75) is 13.3 Å². The van der Waals surface area contributed by atoms with E-state index >= 15 is 0 Å². The lowest BCUT2D eigenvalue weighted by atomic mass is 10.2. The van der Waals surface area contributed by atoms with Crippen LogP contribution in [-0.4, -0.2) is 28.4 Å². The van der Waals surface area contributed by atoms with E-state index in [0.717, 1.165) is 4.47 Å². The number of nitrogens with one attached hydrogen (secondary N) is 1. The Kier molecular flexibility index (Phi) is 7.72. The summed E-state index contributed by atoms with van der Waals surface area (Å²) >= 11 is 6.81. The number of anilines is 1. The molecule has 35 heavy (non-hydrogen) atoms. The molecule has 3 aromatic carbocycles. The van der Waals surface area contributed by atoms with Crippen molar-refractivity contribution >= 4 is 60.6 Å². The molecule has 4 rings (SSSR count). The molecule has 0 radical (unpaired) electrons. The van der Waals surface area contributed by atoms with Crippen molar-refractivity contribution in [1.29, 1.82) is 0 Å². The second-order valence-electron chi connectivity index (χ2n) is 7.41. The summed E-state index contributed by atoms with van der Waals surface area (Å²) in [6.45, 7) is 1.61. The molecule has 0 bridgehead atoms. The predicted octanol–water partition coefficient (Wildman–Crippen LogP) is 5.52. The normalized spacial score (nSPS) is 11.2. The zero-order valence-corrected chi connectivity index (χ0v) is 21.6. The van der Waals surface area contributed by atoms with E-state index in [1.165, 1.54) is 16.8 Å². The Morgan fingerprint density at radius 1 is 1.17 bits per heavy atom. The predicted molar refractivity (Wildman–Crippen MR) is 141 cm³/mol. The van der Waals surface area contributed by atoms with Gasteiger partial charge in [0.05, 0.1) is 27.3 Å². The lowest BCUT2D eigenvalue weighted by Crippen LogP contribution is -2.22. The third-order valence-corrected chi connectivity index (χ3v) is 6.09. The standard InChI is InChI=1S/C25H19Br2FN4O3/c1-2-23-30-20-9-8-16(26)12-17(20)25(34)32(23)29-13-15-7-10-22(18(27)11-15)35-14-24(33)31-21-6-4-3-5-19(21)28/h3-13H,2,14H2,1H3,(H,31,33). The molecule has 0 atom stereocenters. The molecule has 178 valence electrons. The maximum absolute atomic E-state index is 13.7. The van der Waals surface area contributed by atoms with Gasteiger partial charge >= 0.3 is 0 Å². The average molecular weight is 602 g/mol. The van der Waals surface area contributed by atoms with Gasteiger partial charge in [0.2, 0.25) is 0 Å². The first-order chi connectivity index (χ1) is 16.9. The fourth-order valence-corrected chi connectivity index (χ4v) is 4.15. The molecule has 1 N–H and O–H groups in total. The quantitative estimate of drug-likeness (QED) is 0.283. The second kappa shape index (κ2) is 10.9. The van der Waals surface area contributed by atoms with Crippen LogP contribution in [-0.2, 0) is 11.2 Å². The van der Waals surface area contributed by atoms with Crippen LogP contribution in [0.15, 0.2) is 79.5 Å². The molecule has 0 unspecified atom stereocenters. The fraction of sp³-hybridized carbons (Fsp3) is 0.120. The van der Waals surface area contributed by atoms with Crippen molar-refractivity contribution in [2.24, 2.45) is 5.10 Å². The highest BCUT2D eigenvalue weighted by atomic mass is 79.9. The summed E-state index contributed by atoms with van der Waals surface area (Å²) in [7, 11) is 0. The molecule has 0 saturated heterocycles. The third-order valence-electron chi connectivity index (χ3n) is 4.98. The minimum absolute atomic E-state index is 0.0870. The van der Waals surface area contributed by atoms with E-state index in [1.807, 2.05) is 13.0 Å². The molecule has 1 heterocycles. The maximum atomic E-state index is 13.7. The number of carbonyl (C=O) groups excluding carboxylic acids is 1. The van der Waals surface area contributed by atoms with Crippen LogP contribution >= 0.6 is 31.9 Å². The van der Waals surface area contributed by atoms with Crippen LogP contribution in [0.5, 0.6) is 5.75 Å². The maximum Gasteiger partial charge on any atom is 0.282 e. The first-order valence-corrected chi connectivity index (χ1v) is 12.2. The molecular formula is C25H19Br2FN4O3. The molecule has 0 saturated carbocycles. The second-order valence-corrected chi connectivity index (χ2v) is 9.18. The van der Waals surface area contributed by atoms with E-state index in [1.54, 1.807) is 48.7 Å². The molecule has 10 heteroatoms. The molecule has 0 fully saturated rings. The molecule has 0 aliphatic rings. The number of amides is 1. The summed E-state index contributed by atoms with van der Waals surface area (Å²) in [4.78, 5) is 29.7. The Morgan fingerprint density at radius 2 is 1.97 bits per heavy atom. The lowest BCUT2D eigenvalue weighted by molar-refractivity contribution is -0.118. The van der Waals surface area contributed by atoms with Crippen molar-refractivity contribution in [2.75, 3.05) is 11.9 Å². The van der Waals surface area contributed by atoms with Gasteiger partial charge in [0.1, 0.15) is 17.4 Å². The summed E-state index contributed by atoms with van der Waals surface area (Å²) in [5, 5.41) is 7.30. The first-order valence-electron chi connectivity index (χ1n) is 10.6. The van der Waals surface area contributed by atoms with E-state index in [-0.39, 0.29) is 17.9 Å². The zero-order valence-electron chi connectivity index (χ0n) is 18.5. The minimum atomic E-state index is -0.523. The third kappa shape index (κ3) is 5.83. The van der Waals surface area contributed by atoms with E-state index in [2.05, 4.69) is 47.3 Å². The number of rotatable bonds is 7. The molecule has 1 amide bonds. The largest absolute Gasteiger partial charge is 0.483 e. The molecule has 7 nitrogen and oxygen atoms in total. The van der Waals surface area contributed by atoms with Gasteiger partial charge in [0, 0.05) is 10.9 Å². The smallest absolute Gasteiger partial charge is 0.282 e. The highest BCUT2D eigenvalue weighted by Gasteiger charge is 2.11. The monoisotopic (exact) mass is 600 g/mol. The van der Waals surface area contributed by atoms with Crippen LogP contribution in [0.4, 0.5) is 10.1 Å². The Hall–Kier alpha value is -3.37. The zero-order chi connectivity index (χ0) is 24.9. The van der Waals surface area contributed by atoms with Crippen molar-refractivity contribution < 1.29 is 13.9 Å². The molecule has 1 aromatic heterocycles.